The summed E-state index contributed by atoms with van der Waals surface area (Å²) in [7, 11) is 0. The molecule has 3 heterocycles. The molecule has 0 radical (unpaired) electrons. The van der Waals surface area contributed by atoms with Gasteiger partial charge in [0.15, 0.2) is 0 Å². The Labute approximate surface area is 210 Å². The molecular formula is C28H32N2S3. The third-order valence-corrected chi connectivity index (χ3v) is 9.38. The zero-order chi connectivity index (χ0) is 23.4. The van der Waals surface area contributed by atoms with E-state index in [4.69, 9.17) is 4.98 Å². The molecule has 0 aliphatic heterocycles. The van der Waals surface area contributed by atoms with Crippen LogP contribution in [-0.4, -0.2) is 10.7 Å². The minimum atomic E-state index is 0.390. The lowest BCUT2D eigenvalue weighted by molar-refractivity contribution is 0.264. The Morgan fingerprint density at radius 1 is 1.21 bits per heavy atom. The van der Waals surface area contributed by atoms with Crippen LogP contribution in [0.25, 0.3) is 22.1 Å². The van der Waals surface area contributed by atoms with Gasteiger partial charge in [0, 0.05) is 15.3 Å². The van der Waals surface area contributed by atoms with Gasteiger partial charge in [0.05, 0.1) is 11.3 Å². The summed E-state index contributed by atoms with van der Waals surface area (Å²) in [5.74, 6) is 1.66. The van der Waals surface area contributed by atoms with Gasteiger partial charge < -0.3 is 0 Å². The van der Waals surface area contributed by atoms with Gasteiger partial charge in [-0.3, -0.25) is 0 Å². The molecule has 3 aromatic heterocycles. The maximum atomic E-state index is 10.2. The SMILES string of the molecule is CCC(C)(C)CC(C)CCSc1nc2c(c(-c3cccs3)c1C#N)CCC2=Cc1cccs1. The van der Waals surface area contributed by atoms with Crippen LogP contribution < -0.4 is 0 Å². The first-order valence-corrected chi connectivity index (χ1v) is 14.5. The topological polar surface area (TPSA) is 36.7 Å². The van der Waals surface area contributed by atoms with Gasteiger partial charge >= 0.3 is 0 Å². The minimum absolute atomic E-state index is 0.390. The van der Waals surface area contributed by atoms with Crippen LogP contribution in [0.3, 0.4) is 0 Å². The van der Waals surface area contributed by atoms with E-state index in [1.807, 2.05) is 0 Å². The van der Waals surface area contributed by atoms with Gasteiger partial charge in [-0.1, -0.05) is 46.2 Å². The molecule has 1 unspecified atom stereocenters. The summed E-state index contributed by atoms with van der Waals surface area (Å²) in [6.07, 6.45) is 7.82. The summed E-state index contributed by atoms with van der Waals surface area (Å²) < 4.78 is 0. The first-order valence-electron chi connectivity index (χ1n) is 11.8. The summed E-state index contributed by atoms with van der Waals surface area (Å²) in [5, 5.41) is 15.3. The molecule has 33 heavy (non-hydrogen) atoms. The summed E-state index contributed by atoms with van der Waals surface area (Å²) in [5.41, 5.74) is 5.93. The van der Waals surface area contributed by atoms with E-state index < -0.39 is 0 Å². The highest BCUT2D eigenvalue weighted by molar-refractivity contribution is 7.99. The number of fused-ring (bicyclic) bond motifs is 1. The molecule has 0 spiro atoms. The third-order valence-electron chi connectivity index (χ3n) is 6.66. The normalized spacial score (nSPS) is 15.5. The Balaban J connectivity index is 1.66. The molecular weight excluding hydrogens is 461 g/mol. The Kier molecular flexibility index (Phi) is 7.79. The van der Waals surface area contributed by atoms with Gasteiger partial charge in [-0.05, 0) is 82.9 Å². The average molecular weight is 493 g/mol. The molecule has 1 atom stereocenters. The van der Waals surface area contributed by atoms with E-state index in [0.717, 1.165) is 46.9 Å². The number of hydrogen-bond acceptors (Lipinski definition) is 5. The van der Waals surface area contributed by atoms with E-state index in [-0.39, 0.29) is 0 Å². The Hall–Kier alpha value is -1.87. The number of thioether (sulfide) groups is 1. The zero-order valence-electron chi connectivity index (χ0n) is 20.0. The quantitative estimate of drug-likeness (QED) is 0.279. The van der Waals surface area contributed by atoms with Crippen molar-refractivity contribution in [2.75, 3.05) is 5.75 Å². The number of aromatic nitrogens is 1. The van der Waals surface area contributed by atoms with E-state index in [2.05, 4.69) is 74.9 Å². The molecule has 1 aliphatic rings. The molecule has 3 aromatic rings. The third kappa shape index (κ3) is 5.62. The highest BCUT2D eigenvalue weighted by atomic mass is 32.2. The fourth-order valence-electron chi connectivity index (χ4n) is 4.62. The van der Waals surface area contributed by atoms with Crippen LogP contribution in [0.2, 0.25) is 0 Å². The summed E-state index contributed by atoms with van der Waals surface area (Å²) >= 11 is 5.25. The molecule has 0 bridgehead atoms. The molecule has 4 rings (SSSR count). The van der Waals surface area contributed by atoms with E-state index in [1.54, 1.807) is 34.4 Å². The smallest absolute Gasteiger partial charge is 0.115 e. The van der Waals surface area contributed by atoms with Crippen LogP contribution in [0.1, 0.15) is 75.1 Å². The zero-order valence-corrected chi connectivity index (χ0v) is 22.4. The number of rotatable bonds is 9. The number of nitriles is 1. The molecule has 5 heteroatoms. The summed E-state index contributed by atoms with van der Waals surface area (Å²) in [4.78, 5) is 7.58. The molecule has 172 valence electrons. The maximum Gasteiger partial charge on any atom is 0.115 e. The van der Waals surface area contributed by atoms with Gasteiger partial charge in [0.2, 0.25) is 0 Å². The van der Waals surface area contributed by atoms with Gasteiger partial charge in [0.25, 0.3) is 0 Å². The molecule has 0 amide bonds. The Bertz CT molecular complexity index is 1150. The molecule has 0 saturated heterocycles. The second-order valence-corrected chi connectivity index (χ2v) is 12.7. The molecule has 0 fully saturated rings. The van der Waals surface area contributed by atoms with Crippen molar-refractivity contribution in [3.63, 3.8) is 0 Å². The lowest BCUT2D eigenvalue weighted by Crippen LogP contribution is -2.14. The second-order valence-electron chi connectivity index (χ2n) is 9.73. The van der Waals surface area contributed by atoms with Crippen molar-refractivity contribution in [3.05, 3.63) is 56.7 Å². The van der Waals surface area contributed by atoms with Crippen LogP contribution >= 0.6 is 34.4 Å². The highest BCUT2D eigenvalue weighted by Gasteiger charge is 2.28. The van der Waals surface area contributed by atoms with E-state index >= 15 is 0 Å². The van der Waals surface area contributed by atoms with Gasteiger partial charge in [-0.15, -0.1) is 34.4 Å². The van der Waals surface area contributed by atoms with Crippen molar-refractivity contribution in [1.29, 1.82) is 5.26 Å². The molecule has 0 saturated carbocycles. The predicted octanol–water partition coefficient (Wildman–Crippen LogP) is 9.17. The maximum absolute atomic E-state index is 10.2. The number of pyridine rings is 1. The minimum Gasteiger partial charge on any atom is -0.240 e. The number of hydrogen-bond donors (Lipinski definition) is 0. The van der Waals surface area contributed by atoms with Gasteiger partial charge in [-0.2, -0.15) is 5.26 Å². The van der Waals surface area contributed by atoms with Crippen LogP contribution in [0, 0.1) is 22.7 Å². The van der Waals surface area contributed by atoms with Crippen LogP contribution in [0.5, 0.6) is 0 Å². The van der Waals surface area contributed by atoms with Crippen LogP contribution in [-0.2, 0) is 6.42 Å². The van der Waals surface area contributed by atoms with E-state index in [9.17, 15) is 5.26 Å². The van der Waals surface area contributed by atoms with Crippen molar-refractivity contribution < 1.29 is 0 Å². The van der Waals surface area contributed by atoms with Crippen LogP contribution in [0.4, 0.5) is 0 Å². The van der Waals surface area contributed by atoms with E-state index in [0.29, 0.717) is 11.3 Å². The monoisotopic (exact) mass is 492 g/mol. The molecule has 0 aromatic carbocycles. The number of allylic oxidation sites excluding steroid dienone is 1. The second kappa shape index (κ2) is 10.6. The number of thiophene rings is 2. The van der Waals surface area contributed by atoms with Crippen molar-refractivity contribution >= 4 is 46.1 Å². The largest absolute Gasteiger partial charge is 0.240 e. The van der Waals surface area contributed by atoms with Crippen molar-refractivity contribution in [3.8, 4) is 16.5 Å². The average Bonchev–Trinajstić information content (AvgIpc) is 3.56. The summed E-state index contributed by atoms with van der Waals surface area (Å²) in [6.45, 7) is 9.36. The molecule has 2 nitrogen and oxygen atoms in total. The van der Waals surface area contributed by atoms with Crippen molar-refractivity contribution in [2.24, 2.45) is 11.3 Å². The van der Waals surface area contributed by atoms with Gasteiger partial charge in [-0.25, -0.2) is 4.98 Å². The standard InChI is InChI=1S/C28H32N2S3/c1-5-28(3,4)17-19(2)12-15-33-27-23(18-29)25(24-9-7-14-32-24)22-11-10-20(26(22)30-27)16-21-8-6-13-31-21/h6-9,13-14,16,19H,5,10-12,15,17H2,1-4H3. The first kappa shape index (κ1) is 24.3. The first-order chi connectivity index (χ1) is 15.9. The van der Waals surface area contributed by atoms with Crippen LogP contribution in [0.15, 0.2) is 40.1 Å². The molecule has 1 aliphatic carbocycles. The van der Waals surface area contributed by atoms with Gasteiger partial charge in [0.1, 0.15) is 11.1 Å². The lowest BCUT2D eigenvalue weighted by Gasteiger charge is -2.26. The number of nitrogens with zero attached hydrogens (tertiary/aromatic N) is 2. The van der Waals surface area contributed by atoms with E-state index in [1.165, 1.54) is 33.7 Å². The lowest BCUT2D eigenvalue weighted by atomic mass is 9.80. The van der Waals surface area contributed by atoms with Crippen molar-refractivity contribution in [1.82, 2.24) is 4.98 Å². The fourth-order valence-corrected chi connectivity index (χ4v) is 7.27. The van der Waals surface area contributed by atoms with Crippen molar-refractivity contribution in [2.45, 2.75) is 64.8 Å². The predicted molar refractivity (Wildman–Crippen MR) is 146 cm³/mol. The highest BCUT2D eigenvalue weighted by Crippen LogP contribution is 2.44. The summed E-state index contributed by atoms with van der Waals surface area (Å²) in [6, 6.07) is 11.0. The fraction of sp³-hybridized carbons (Fsp3) is 0.429. The Morgan fingerprint density at radius 3 is 2.67 bits per heavy atom. The molecule has 0 N–H and O–H groups in total. The Morgan fingerprint density at radius 2 is 2.00 bits per heavy atom.